The van der Waals surface area contributed by atoms with Crippen molar-refractivity contribution in [2.24, 2.45) is 7.92 Å². The molecule has 0 aliphatic carbocycles. The van der Waals surface area contributed by atoms with Gasteiger partial charge in [-0.3, -0.25) is 0 Å². The fraction of sp³-hybridized carbons (Fsp3) is 0. The molecule has 0 bridgehead atoms. The zero-order chi connectivity index (χ0) is 14.1. The van der Waals surface area contributed by atoms with E-state index in [1.54, 1.807) is 12.1 Å². The molecule has 1 N–H and O–H groups in total. The average molecular weight is 463 g/mol. The van der Waals surface area contributed by atoms with Gasteiger partial charge in [-0.25, -0.2) is 0 Å². The number of rotatable bonds is 2. The molecule has 1 amide bonds. The van der Waals surface area contributed by atoms with Gasteiger partial charge in [-0.15, -0.1) is 0 Å². The molecule has 0 radical (unpaired) electrons. The van der Waals surface area contributed by atoms with Crippen molar-refractivity contribution in [1.82, 2.24) is 0 Å². The first kappa shape index (κ1) is 14.0. The molecule has 1 aliphatic heterocycles. The average Bonchev–Trinajstić information content (AvgIpc) is 2.91. The molecule has 1 aliphatic rings. The molecule has 0 atom stereocenters. The first-order chi connectivity index (χ1) is 9.65. The van der Waals surface area contributed by atoms with Crippen molar-refractivity contribution >= 4 is 71.7 Å². The molecule has 0 spiro atoms. The normalized spacial score (nSPS) is 11.9. The Hall–Kier alpha value is -0.951. The van der Waals surface area contributed by atoms with Gasteiger partial charge in [-0.05, 0) is 0 Å². The fourth-order valence-electron chi connectivity index (χ4n) is 1.77. The molecule has 7 heteroatoms. The van der Waals surface area contributed by atoms with Gasteiger partial charge in [0.25, 0.3) is 0 Å². The van der Waals surface area contributed by atoms with Crippen LogP contribution in [0.5, 0.6) is 0 Å². The van der Waals surface area contributed by atoms with E-state index in [1.165, 1.54) is 0 Å². The Bertz CT molecular complexity index is 787. The predicted octanol–water partition coefficient (Wildman–Crippen LogP) is 4.54. The van der Waals surface area contributed by atoms with Crippen molar-refractivity contribution in [3.05, 3.63) is 50.6 Å². The Morgan fingerprint density at radius 1 is 1.25 bits per heavy atom. The Labute approximate surface area is 139 Å². The van der Waals surface area contributed by atoms with Crippen LogP contribution in [0.25, 0.3) is 0 Å². The first-order valence-corrected chi connectivity index (χ1v) is 8.62. The van der Waals surface area contributed by atoms with Crippen LogP contribution < -0.4 is 5.32 Å². The SMILES string of the molecule is O=C(Nc1cccc2c1N=[Se]=N2)c1cc(Cl)ccc1I. The van der Waals surface area contributed by atoms with Gasteiger partial charge in [-0.1, -0.05) is 0 Å². The van der Waals surface area contributed by atoms with Gasteiger partial charge in [0.2, 0.25) is 0 Å². The molecule has 100 valence electrons. The number of hydrogen-bond donors (Lipinski definition) is 1. The molecule has 0 fully saturated rings. The van der Waals surface area contributed by atoms with E-state index in [2.05, 4.69) is 35.8 Å². The number of amides is 1. The zero-order valence-corrected chi connectivity index (χ0v) is 14.6. The Morgan fingerprint density at radius 2 is 2.10 bits per heavy atom. The standard InChI is InChI=1S/C13H7ClIN3OSe/c14-7-4-5-9(15)8(6-7)13(19)16-10-2-1-3-11-12(10)18-20-17-11/h1-6H,(H,16,19). The van der Waals surface area contributed by atoms with Crippen LogP contribution in [0.1, 0.15) is 10.4 Å². The van der Waals surface area contributed by atoms with E-state index in [-0.39, 0.29) is 20.5 Å². The molecule has 1 heterocycles. The summed E-state index contributed by atoms with van der Waals surface area (Å²) in [6, 6.07) is 10.8. The molecule has 2 aromatic rings. The summed E-state index contributed by atoms with van der Waals surface area (Å²) < 4.78 is 9.48. The van der Waals surface area contributed by atoms with Crippen LogP contribution in [0, 0.1) is 3.57 Å². The monoisotopic (exact) mass is 463 g/mol. The van der Waals surface area contributed by atoms with Crippen molar-refractivity contribution in [3.63, 3.8) is 0 Å². The minimum atomic E-state index is -0.195. The Kier molecular flexibility index (Phi) is 4.07. The minimum absolute atomic E-state index is 0.117. The second-order valence-corrected chi connectivity index (χ2v) is 6.72. The summed E-state index contributed by atoms with van der Waals surface area (Å²) in [6.07, 6.45) is 0. The van der Waals surface area contributed by atoms with Crippen LogP contribution in [0.4, 0.5) is 17.1 Å². The van der Waals surface area contributed by atoms with E-state index < -0.39 is 0 Å². The fourth-order valence-corrected chi connectivity index (χ4v) is 3.67. The van der Waals surface area contributed by atoms with Gasteiger partial charge in [0.15, 0.2) is 0 Å². The summed E-state index contributed by atoms with van der Waals surface area (Å²) in [4.78, 5) is 12.3. The summed E-state index contributed by atoms with van der Waals surface area (Å²) >= 11 is 7.94. The number of hydrogen-bond acceptors (Lipinski definition) is 3. The van der Waals surface area contributed by atoms with E-state index in [1.807, 2.05) is 24.3 Å². The topological polar surface area (TPSA) is 53.8 Å². The van der Waals surface area contributed by atoms with E-state index in [0.717, 1.165) is 14.9 Å². The summed E-state index contributed by atoms with van der Waals surface area (Å²) in [6.45, 7) is 0. The Morgan fingerprint density at radius 3 is 2.95 bits per heavy atom. The van der Waals surface area contributed by atoms with E-state index in [4.69, 9.17) is 11.6 Å². The van der Waals surface area contributed by atoms with Crippen LogP contribution in [0.3, 0.4) is 0 Å². The summed E-state index contributed by atoms with van der Waals surface area (Å²) in [7, 11) is 0. The quantitative estimate of drug-likeness (QED) is 0.441. The molecular weight excluding hydrogens is 455 g/mol. The molecular formula is C13H7ClIN3OSe. The third-order valence-electron chi connectivity index (χ3n) is 2.71. The van der Waals surface area contributed by atoms with Crippen molar-refractivity contribution in [2.45, 2.75) is 0 Å². The molecule has 3 rings (SSSR count). The maximum atomic E-state index is 12.3. The van der Waals surface area contributed by atoms with Crippen LogP contribution >= 0.6 is 34.2 Å². The van der Waals surface area contributed by atoms with E-state index >= 15 is 0 Å². The third kappa shape index (κ3) is 2.74. The molecule has 0 aromatic heterocycles. The number of anilines is 1. The number of halogens is 2. The first-order valence-electron chi connectivity index (χ1n) is 5.63. The van der Waals surface area contributed by atoms with Gasteiger partial charge in [-0.2, -0.15) is 0 Å². The second kappa shape index (κ2) is 5.81. The van der Waals surface area contributed by atoms with Crippen molar-refractivity contribution in [1.29, 1.82) is 0 Å². The molecule has 0 unspecified atom stereocenters. The van der Waals surface area contributed by atoms with Crippen molar-refractivity contribution in [3.8, 4) is 0 Å². The van der Waals surface area contributed by atoms with Gasteiger partial charge in [0, 0.05) is 0 Å². The Balaban J connectivity index is 1.93. The van der Waals surface area contributed by atoms with Gasteiger partial charge < -0.3 is 0 Å². The number of fused-ring (bicyclic) bond motifs is 1. The molecule has 20 heavy (non-hydrogen) atoms. The van der Waals surface area contributed by atoms with Gasteiger partial charge in [0.1, 0.15) is 0 Å². The number of carbonyl (C=O) groups excluding carboxylic acids is 1. The van der Waals surface area contributed by atoms with E-state index in [0.29, 0.717) is 16.3 Å². The van der Waals surface area contributed by atoms with Gasteiger partial charge in [0.05, 0.1) is 0 Å². The van der Waals surface area contributed by atoms with Crippen LogP contribution in [0.2, 0.25) is 5.02 Å². The van der Waals surface area contributed by atoms with Crippen molar-refractivity contribution < 1.29 is 4.79 Å². The van der Waals surface area contributed by atoms with Crippen molar-refractivity contribution in [2.75, 3.05) is 5.32 Å². The third-order valence-corrected chi connectivity index (χ3v) is 5.02. The predicted molar refractivity (Wildman–Crippen MR) is 88.5 cm³/mol. The molecule has 0 saturated heterocycles. The summed E-state index contributed by atoms with van der Waals surface area (Å²) in [5, 5.41) is 3.42. The second-order valence-electron chi connectivity index (χ2n) is 4.02. The molecule has 4 nitrogen and oxygen atoms in total. The summed E-state index contributed by atoms with van der Waals surface area (Å²) in [5.74, 6) is -0.195. The number of carbonyl (C=O) groups is 1. The number of benzene rings is 2. The van der Waals surface area contributed by atoms with Crippen LogP contribution in [-0.2, 0) is 0 Å². The zero-order valence-electron chi connectivity index (χ0n) is 9.93. The van der Waals surface area contributed by atoms with Gasteiger partial charge >= 0.3 is 140 Å². The van der Waals surface area contributed by atoms with Crippen LogP contribution in [-0.4, -0.2) is 20.5 Å². The number of nitrogens with zero attached hydrogens (tertiary/aromatic N) is 2. The number of nitrogens with one attached hydrogen (secondary N) is 1. The van der Waals surface area contributed by atoms with Crippen LogP contribution in [0.15, 0.2) is 44.3 Å². The van der Waals surface area contributed by atoms with E-state index in [9.17, 15) is 4.79 Å². The molecule has 2 aromatic carbocycles. The summed E-state index contributed by atoms with van der Waals surface area (Å²) in [5.41, 5.74) is 2.84. The maximum absolute atomic E-state index is 12.3. The molecule has 0 saturated carbocycles.